The third kappa shape index (κ3) is 5.87. The van der Waals surface area contributed by atoms with Gasteiger partial charge in [0.1, 0.15) is 5.57 Å². The van der Waals surface area contributed by atoms with Gasteiger partial charge in [0.05, 0.1) is 6.61 Å². The Balaban J connectivity index is 1.71. The van der Waals surface area contributed by atoms with E-state index >= 15 is 0 Å². The van der Waals surface area contributed by atoms with E-state index in [1.54, 1.807) is 25.1 Å². The second-order valence-electron chi connectivity index (χ2n) is 7.58. The number of esters is 2. The lowest BCUT2D eigenvalue weighted by molar-refractivity contribution is -0.222. The number of amides is 1. The Bertz CT molecular complexity index is 1030. The Morgan fingerprint density at radius 1 is 1.00 bits per heavy atom. The summed E-state index contributed by atoms with van der Waals surface area (Å²) < 4.78 is 21.4. The van der Waals surface area contributed by atoms with Crippen LogP contribution in [0.4, 0.5) is 5.69 Å². The monoisotopic (exact) mass is 439 g/mol. The maximum Gasteiger partial charge on any atom is 0.348 e. The highest BCUT2D eigenvalue weighted by molar-refractivity contribution is 6.18. The number of anilines is 1. The number of carbonyl (C=O) groups is 3. The van der Waals surface area contributed by atoms with Crippen LogP contribution in [-0.2, 0) is 23.9 Å². The molecule has 32 heavy (non-hydrogen) atoms. The van der Waals surface area contributed by atoms with Crippen molar-refractivity contribution >= 4 is 29.6 Å². The van der Waals surface area contributed by atoms with Crippen LogP contribution < -0.4 is 14.8 Å². The van der Waals surface area contributed by atoms with Crippen LogP contribution in [0.3, 0.4) is 0 Å². The lowest BCUT2D eigenvalue weighted by Gasteiger charge is -2.29. The summed E-state index contributed by atoms with van der Waals surface area (Å²) in [5.74, 6) is -2.45. The van der Waals surface area contributed by atoms with Crippen molar-refractivity contribution in [3.8, 4) is 11.5 Å². The second kappa shape index (κ2) is 9.55. The summed E-state index contributed by atoms with van der Waals surface area (Å²) in [5.41, 5.74) is 2.05. The van der Waals surface area contributed by atoms with Crippen molar-refractivity contribution in [3.63, 3.8) is 0 Å². The van der Waals surface area contributed by atoms with Gasteiger partial charge in [0.15, 0.2) is 18.1 Å². The number of ether oxygens (including phenoxy) is 4. The number of nitrogens with one attached hydrogen (secondary N) is 1. The molecule has 1 saturated heterocycles. The highest BCUT2D eigenvalue weighted by atomic mass is 16.7. The van der Waals surface area contributed by atoms with Gasteiger partial charge < -0.3 is 24.3 Å². The molecule has 0 unspecified atom stereocenters. The molecule has 2 aromatic carbocycles. The molecule has 0 bridgehead atoms. The third-order valence-corrected chi connectivity index (χ3v) is 4.39. The van der Waals surface area contributed by atoms with Crippen molar-refractivity contribution in [1.82, 2.24) is 0 Å². The number of cyclic esters (lactones) is 2. The second-order valence-corrected chi connectivity index (χ2v) is 7.58. The molecular weight excluding hydrogens is 414 g/mol. The molecule has 0 aromatic heterocycles. The quantitative estimate of drug-likeness (QED) is 0.399. The molecule has 8 heteroatoms. The Labute approximate surface area is 186 Å². The Morgan fingerprint density at radius 2 is 1.66 bits per heavy atom. The predicted octanol–water partition coefficient (Wildman–Crippen LogP) is 3.63. The SMILES string of the molecule is CCOc1cc(C=C2C(=O)OC(C)(C)OC2=O)ccc1OCC(=O)Nc1ccc(C)cc1. The highest BCUT2D eigenvalue weighted by Gasteiger charge is 2.38. The summed E-state index contributed by atoms with van der Waals surface area (Å²) in [5, 5.41) is 2.76. The van der Waals surface area contributed by atoms with Crippen LogP contribution in [0.5, 0.6) is 11.5 Å². The van der Waals surface area contributed by atoms with E-state index in [1.807, 2.05) is 31.2 Å². The molecule has 3 rings (SSSR count). The summed E-state index contributed by atoms with van der Waals surface area (Å²) in [6, 6.07) is 12.2. The first kappa shape index (κ1) is 22.9. The lowest BCUT2D eigenvalue weighted by atomic mass is 10.1. The molecule has 168 valence electrons. The van der Waals surface area contributed by atoms with Gasteiger partial charge in [0, 0.05) is 19.5 Å². The maximum atomic E-state index is 12.2. The molecule has 1 fully saturated rings. The smallest absolute Gasteiger partial charge is 0.348 e. The minimum absolute atomic E-state index is 0.220. The fourth-order valence-corrected chi connectivity index (χ4v) is 2.92. The Hall–Kier alpha value is -3.81. The number of benzene rings is 2. The van der Waals surface area contributed by atoms with Crippen molar-refractivity contribution in [3.05, 3.63) is 59.2 Å². The van der Waals surface area contributed by atoms with Crippen LogP contribution in [0.2, 0.25) is 0 Å². The van der Waals surface area contributed by atoms with E-state index in [4.69, 9.17) is 18.9 Å². The summed E-state index contributed by atoms with van der Waals surface area (Å²) in [6.07, 6.45) is 1.36. The van der Waals surface area contributed by atoms with Crippen molar-refractivity contribution in [2.45, 2.75) is 33.5 Å². The van der Waals surface area contributed by atoms with Crippen molar-refractivity contribution in [1.29, 1.82) is 0 Å². The van der Waals surface area contributed by atoms with E-state index in [0.717, 1.165) is 5.56 Å². The number of hydrogen-bond acceptors (Lipinski definition) is 7. The molecule has 1 amide bonds. The van der Waals surface area contributed by atoms with Gasteiger partial charge in [-0.25, -0.2) is 9.59 Å². The first-order valence-electron chi connectivity index (χ1n) is 10.1. The largest absolute Gasteiger partial charge is 0.490 e. The molecule has 0 saturated carbocycles. The molecule has 2 aromatic rings. The average molecular weight is 439 g/mol. The first-order chi connectivity index (χ1) is 15.2. The van der Waals surface area contributed by atoms with E-state index in [-0.39, 0.29) is 18.1 Å². The Morgan fingerprint density at radius 3 is 2.28 bits per heavy atom. The predicted molar refractivity (Wildman–Crippen MR) is 117 cm³/mol. The summed E-state index contributed by atoms with van der Waals surface area (Å²) in [7, 11) is 0. The number of rotatable bonds is 7. The summed E-state index contributed by atoms with van der Waals surface area (Å²) in [4.78, 5) is 36.5. The summed E-state index contributed by atoms with van der Waals surface area (Å²) in [6.45, 7) is 6.86. The number of hydrogen-bond donors (Lipinski definition) is 1. The zero-order valence-corrected chi connectivity index (χ0v) is 18.4. The molecule has 0 aliphatic carbocycles. The van der Waals surface area contributed by atoms with Gasteiger partial charge in [-0.1, -0.05) is 23.8 Å². The normalized spacial score (nSPS) is 14.8. The summed E-state index contributed by atoms with van der Waals surface area (Å²) >= 11 is 0. The molecule has 1 aliphatic heterocycles. The fraction of sp³-hybridized carbons (Fsp3) is 0.292. The molecule has 8 nitrogen and oxygen atoms in total. The topological polar surface area (TPSA) is 100 Å². The Kier molecular flexibility index (Phi) is 6.82. The average Bonchev–Trinajstić information content (AvgIpc) is 2.71. The lowest BCUT2D eigenvalue weighted by Crippen LogP contribution is -2.41. The molecule has 1 heterocycles. The van der Waals surface area contributed by atoms with E-state index in [9.17, 15) is 14.4 Å². The van der Waals surface area contributed by atoms with E-state index in [1.165, 1.54) is 19.9 Å². The molecular formula is C24H25NO7. The van der Waals surface area contributed by atoms with E-state index in [2.05, 4.69) is 5.32 Å². The van der Waals surface area contributed by atoms with Gasteiger partial charge in [0.25, 0.3) is 11.7 Å². The fourth-order valence-electron chi connectivity index (χ4n) is 2.92. The standard InChI is InChI=1S/C24H25NO7/c1-5-29-20-13-16(12-18-22(27)31-24(3,4)32-23(18)28)8-11-19(20)30-14-21(26)25-17-9-6-15(2)7-10-17/h6-13H,5,14H2,1-4H3,(H,25,26). The van der Waals surface area contributed by atoms with Gasteiger partial charge in [-0.05, 0) is 49.8 Å². The van der Waals surface area contributed by atoms with Crippen LogP contribution in [0, 0.1) is 6.92 Å². The maximum absolute atomic E-state index is 12.2. The van der Waals surface area contributed by atoms with Crippen LogP contribution >= 0.6 is 0 Å². The number of aryl methyl sites for hydroxylation is 1. The van der Waals surface area contributed by atoms with Crippen molar-refractivity contribution in [2.24, 2.45) is 0 Å². The minimum Gasteiger partial charge on any atom is -0.490 e. The molecule has 0 radical (unpaired) electrons. The van der Waals surface area contributed by atoms with Crippen LogP contribution in [0.25, 0.3) is 6.08 Å². The van der Waals surface area contributed by atoms with Gasteiger partial charge in [-0.15, -0.1) is 0 Å². The van der Waals surface area contributed by atoms with Gasteiger partial charge in [-0.2, -0.15) is 0 Å². The zero-order chi connectivity index (χ0) is 23.3. The van der Waals surface area contributed by atoms with E-state index < -0.39 is 17.7 Å². The first-order valence-corrected chi connectivity index (χ1v) is 10.1. The molecule has 1 aliphatic rings. The molecule has 1 N–H and O–H groups in total. The van der Waals surface area contributed by atoms with Crippen molar-refractivity contribution in [2.75, 3.05) is 18.5 Å². The van der Waals surface area contributed by atoms with Crippen molar-refractivity contribution < 1.29 is 33.3 Å². The minimum atomic E-state index is -1.31. The van der Waals surface area contributed by atoms with Crippen LogP contribution in [0.1, 0.15) is 31.9 Å². The molecule has 0 spiro atoms. The van der Waals surface area contributed by atoms with Gasteiger partial charge in [-0.3, -0.25) is 4.79 Å². The molecule has 0 atom stereocenters. The third-order valence-electron chi connectivity index (χ3n) is 4.39. The number of carbonyl (C=O) groups excluding carboxylic acids is 3. The highest BCUT2D eigenvalue weighted by Crippen LogP contribution is 2.31. The van der Waals surface area contributed by atoms with Gasteiger partial charge in [0.2, 0.25) is 0 Å². The van der Waals surface area contributed by atoms with E-state index in [0.29, 0.717) is 29.4 Å². The van der Waals surface area contributed by atoms with Crippen LogP contribution in [-0.4, -0.2) is 36.8 Å². The zero-order valence-electron chi connectivity index (χ0n) is 18.4. The van der Waals surface area contributed by atoms with Crippen LogP contribution in [0.15, 0.2) is 48.0 Å². The van der Waals surface area contributed by atoms with Gasteiger partial charge >= 0.3 is 11.9 Å².